The van der Waals surface area contributed by atoms with Crippen molar-refractivity contribution in [2.75, 3.05) is 13.1 Å². The third-order valence-electron chi connectivity index (χ3n) is 3.91. The van der Waals surface area contributed by atoms with E-state index in [9.17, 15) is 17.2 Å². The van der Waals surface area contributed by atoms with E-state index >= 15 is 0 Å². The highest BCUT2D eigenvalue weighted by Gasteiger charge is 2.32. The van der Waals surface area contributed by atoms with E-state index in [4.69, 9.17) is 0 Å². The average Bonchev–Trinajstić information content (AvgIpc) is 3.00. The smallest absolute Gasteiger partial charge is 0.245 e. The van der Waals surface area contributed by atoms with Gasteiger partial charge in [0.15, 0.2) is 0 Å². The maximum absolute atomic E-state index is 13.8. The zero-order valence-electron chi connectivity index (χ0n) is 12.3. The van der Waals surface area contributed by atoms with E-state index in [1.165, 1.54) is 10.6 Å². The van der Waals surface area contributed by atoms with Crippen LogP contribution in [0.25, 0.3) is 0 Å². The number of hydrogen-bond donors (Lipinski definition) is 0. The Balaban J connectivity index is 1.79. The summed E-state index contributed by atoms with van der Waals surface area (Å²) in [6, 6.07) is 2.51. The Morgan fingerprint density at radius 1 is 1.30 bits per heavy atom. The minimum Gasteiger partial charge on any atom is -0.253 e. The van der Waals surface area contributed by atoms with Crippen molar-refractivity contribution in [2.24, 2.45) is 5.92 Å². The summed E-state index contributed by atoms with van der Waals surface area (Å²) >= 11 is 0. The minimum absolute atomic E-state index is 0.0729. The van der Waals surface area contributed by atoms with Crippen molar-refractivity contribution in [3.05, 3.63) is 42.5 Å². The number of halogens is 2. The molecule has 1 atom stereocenters. The predicted octanol–water partition coefficient (Wildman–Crippen LogP) is 1.66. The van der Waals surface area contributed by atoms with Crippen molar-refractivity contribution in [3.63, 3.8) is 0 Å². The van der Waals surface area contributed by atoms with Crippen LogP contribution in [0.2, 0.25) is 0 Å². The van der Waals surface area contributed by atoms with E-state index in [0.29, 0.717) is 25.6 Å². The molecular formula is C14H16F2N4O2S. The quantitative estimate of drug-likeness (QED) is 0.847. The van der Waals surface area contributed by atoms with Gasteiger partial charge in [-0.2, -0.15) is 9.40 Å². The fraction of sp³-hybridized carbons (Fsp3) is 0.429. The van der Waals surface area contributed by atoms with Gasteiger partial charge in [0.25, 0.3) is 0 Å². The van der Waals surface area contributed by atoms with Crippen LogP contribution in [0.4, 0.5) is 8.78 Å². The number of sulfonamides is 1. The zero-order valence-corrected chi connectivity index (χ0v) is 13.1. The molecular weight excluding hydrogens is 326 g/mol. The Kier molecular flexibility index (Phi) is 4.40. The Bertz CT molecular complexity index is 780. The Morgan fingerprint density at radius 3 is 2.83 bits per heavy atom. The monoisotopic (exact) mass is 342 g/mol. The molecule has 1 aromatic heterocycles. The number of hydrogen-bond acceptors (Lipinski definition) is 4. The van der Waals surface area contributed by atoms with Gasteiger partial charge in [0, 0.05) is 25.7 Å². The van der Waals surface area contributed by atoms with Gasteiger partial charge < -0.3 is 0 Å². The molecule has 0 amide bonds. The van der Waals surface area contributed by atoms with E-state index < -0.39 is 26.6 Å². The van der Waals surface area contributed by atoms with Gasteiger partial charge in [0.2, 0.25) is 10.0 Å². The van der Waals surface area contributed by atoms with Gasteiger partial charge >= 0.3 is 0 Å². The highest BCUT2D eigenvalue weighted by Crippen LogP contribution is 2.26. The Hall–Kier alpha value is -1.87. The lowest BCUT2D eigenvalue weighted by atomic mass is 10.00. The zero-order chi connectivity index (χ0) is 16.4. The highest BCUT2D eigenvalue weighted by atomic mass is 32.2. The largest absolute Gasteiger partial charge is 0.253 e. The molecule has 6 nitrogen and oxygen atoms in total. The normalized spacial score (nSPS) is 19.8. The van der Waals surface area contributed by atoms with E-state index in [1.54, 1.807) is 11.0 Å². The van der Waals surface area contributed by atoms with E-state index in [1.807, 2.05) is 0 Å². The van der Waals surface area contributed by atoms with Crippen molar-refractivity contribution < 1.29 is 17.2 Å². The molecule has 1 aliphatic heterocycles. The van der Waals surface area contributed by atoms with Crippen LogP contribution >= 0.6 is 0 Å². The van der Waals surface area contributed by atoms with Gasteiger partial charge in [0.05, 0.1) is 0 Å². The van der Waals surface area contributed by atoms with Crippen molar-refractivity contribution >= 4 is 10.0 Å². The maximum atomic E-state index is 13.8. The van der Waals surface area contributed by atoms with Gasteiger partial charge in [-0.3, -0.25) is 4.68 Å². The molecule has 0 saturated carbocycles. The van der Waals surface area contributed by atoms with Gasteiger partial charge in [-0.1, -0.05) is 0 Å². The summed E-state index contributed by atoms with van der Waals surface area (Å²) in [4.78, 5) is 3.37. The van der Waals surface area contributed by atoms with Crippen LogP contribution in [0.3, 0.4) is 0 Å². The second-order valence-corrected chi connectivity index (χ2v) is 7.47. The van der Waals surface area contributed by atoms with Crippen LogP contribution in [0.5, 0.6) is 0 Å². The predicted molar refractivity (Wildman–Crippen MR) is 77.9 cm³/mol. The van der Waals surface area contributed by atoms with Crippen molar-refractivity contribution in [1.82, 2.24) is 19.1 Å². The lowest BCUT2D eigenvalue weighted by Gasteiger charge is -2.31. The van der Waals surface area contributed by atoms with Crippen LogP contribution < -0.4 is 0 Å². The lowest BCUT2D eigenvalue weighted by Crippen LogP contribution is -2.41. The Morgan fingerprint density at radius 2 is 2.13 bits per heavy atom. The first kappa shape index (κ1) is 16.0. The molecule has 9 heteroatoms. The van der Waals surface area contributed by atoms with Crippen LogP contribution in [-0.2, 0) is 16.6 Å². The molecule has 124 valence electrons. The molecule has 0 unspecified atom stereocenters. The summed E-state index contributed by atoms with van der Waals surface area (Å²) < 4.78 is 54.9. The highest BCUT2D eigenvalue weighted by molar-refractivity contribution is 7.89. The third kappa shape index (κ3) is 3.40. The van der Waals surface area contributed by atoms with Crippen LogP contribution in [0.1, 0.15) is 12.8 Å². The lowest BCUT2D eigenvalue weighted by molar-refractivity contribution is 0.239. The minimum atomic E-state index is -3.97. The molecule has 0 bridgehead atoms. The molecule has 1 saturated heterocycles. The van der Waals surface area contributed by atoms with E-state index in [-0.39, 0.29) is 12.5 Å². The van der Waals surface area contributed by atoms with Crippen molar-refractivity contribution in [2.45, 2.75) is 24.3 Å². The standard InChI is InChI=1S/C14H16F2N4O2S/c15-12-3-4-14(13(16)6-12)23(21,22)20-5-1-2-11(8-20)7-19-10-17-9-18-19/h3-4,6,9-11H,1-2,5,7-8H2/t11-/m1/s1. The molecule has 3 rings (SSSR count). The van der Waals surface area contributed by atoms with E-state index in [2.05, 4.69) is 10.1 Å². The fourth-order valence-corrected chi connectivity index (χ4v) is 4.41. The number of aromatic nitrogens is 3. The second kappa shape index (κ2) is 6.32. The van der Waals surface area contributed by atoms with Gasteiger partial charge in [-0.25, -0.2) is 22.2 Å². The first-order valence-corrected chi connectivity index (χ1v) is 8.68. The number of benzene rings is 1. The summed E-state index contributed by atoms with van der Waals surface area (Å²) in [7, 11) is -3.97. The van der Waals surface area contributed by atoms with Crippen LogP contribution in [0, 0.1) is 17.6 Å². The maximum Gasteiger partial charge on any atom is 0.245 e. The molecule has 23 heavy (non-hydrogen) atoms. The third-order valence-corrected chi connectivity index (χ3v) is 5.80. The summed E-state index contributed by atoms with van der Waals surface area (Å²) in [6.07, 6.45) is 4.54. The van der Waals surface area contributed by atoms with Crippen molar-refractivity contribution in [1.29, 1.82) is 0 Å². The molecule has 0 spiro atoms. The molecule has 0 radical (unpaired) electrons. The first-order chi connectivity index (χ1) is 11.0. The average molecular weight is 342 g/mol. The fourth-order valence-electron chi connectivity index (χ4n) is 2.81. The summed E-state index contributed by atoms with van der Waals surface area (Å²) in [5, 5.41) is 4.02. The molecule has 0 N–H and O–H groups in total. The second-order valence-electron chi connectivity index (χ2n) is 5.56. The SMILES string of the molecule is O=S(=O)(c1ccc(F)cc1F)N1CCC[C@H](Cn2cncn2)C1. The topological polar surface area (TPSA) is 68.1 Å². The van der Waals surface area contributed by atoms with Crippen LogP contribution in [-0.4, -0.2) is 40.6 Å². The van der Waals surface area contributed by atoms with Crippen molar-refractivity contribution in [3.8, 4) is 0 Å². The van der Waals surface area contributed by atoms with E-state index in [0.717, 1.165) is 18.6 Å². The Labute approximate surface area is 132 Å². The molecule has 2 heterocycles. The molecule has 2 aromatic rings. The van der Waals surface area contributed by atoms with Crippen LogP contribution in [0.15, 0.2) is 35.7 Å². The van der Waals surface area contributed by atoms with Gasteiger partial charge in [0.1, 0.15) is 29.2 Å². The number of nitrogens with zero attached hydrogens (tertiary/aromatic N) is 4. The number of rotatable bonds is 4. The molecule has 1 aromatic carbocycles. The molecule has 0 aliphatic carbocycles. The summed E-state index contributed by atoms with van der Waals surface area (Å²) in [5.41, 5.74) is 0. The molecule has 1 aliphatic rings. The van der Waals surface area contributed by atoms with Gasteiger partial charge in [-0.15, -0.1) is 0 Å². The summed E-state index contributed by atoms with van der Waals surface area (Å²) in [5.74, 6) is -1.80. The number of piperidine rings is 1. The summed E-state index contributed by atoms with van der Waals surface area (Å²) in [6.45, 7) is 1.16. The van der Waals surface area contributed by atoms with Gasteiger partial charge in [-0.05, 0) is 30.9 Å². The molecule has 1 fully saturated rings. The first-order valence-electron chi connectivity index (χ1n) is 7.24.